The number of nitrogens with zero attached hydrogens (tertiary/aromatic N) is 3. The van der Waals surface area contributed by atoms with E-state index in [1.807, 2.05) is 61.7 Å². The Hall–Kier alpha value is -3.19. The molecule has 0 N–H and O–H groups in total. The van der Waals surface area contributed by atoms with Crippen molar-refractivity contribution in [3.63, 3.8) is 0 Å². The van der Waals surface area contributed by atoms with Crippen LogP contribution in [0, 0.1) is 6.92 Å². The van der Waals surface area contributed by atoms with E-state index in [1.165, 1.54) is 0 Å². The second kappa shape index (κ2) is 9.31. The maximum Gasteiger partial charge on any atom is 0.257 e. The van der Waals surface area contributed by atoms with Crippen LogP contribution >= 0.6 is 11.3 Å². The lowest BCUT2D eigenvalue weighted by atomic mass is 10.1. The van der Waals surface area contributed by atoms with Gasteiger partial charge in [0.15, 0.2) is 0 Å². The van der Waals surface area contributed by atoms with E-state index in [1.54, 1.807) is 27.2 Å². The molecule has 0 atom stereocenters. The van der Waals surface area contributed by atoms with Gasteiger partial charge in [0.2, 0.25) is 0 Å². The van der Waals surface area contributed by atoms with Crippen molar-refractivity contribution in [1.29, 1.82) is 0 Å². The Kier molecular flexibility index (Phi) is 6.32. The predicted molar refractivity (Wildman–Crippen MR) is 122 cm³/mol. The molecular formula is C24H25N3O3S. The molecule has 1 saturated heterocycles. The Morgan fingerprint density at radius 3 is 2.23 bits per heavy atom. The van der Waals surface area contributed by atoms with E-state index in [9.17, 15) is 9.59 Å². The number of carbonyl (C=O) groups excluding carboxylic acids is 2. The molecule has 0 saturated carbocycles. The number of hydrogen-bond donors (Lipinski definition) is 0. The number of carbonyl (C=O) groups is 2. The maximum atomic E-state index is 13.1. The van der Waals surface area contributed by atoms with Gasteiger partial charge < -0.3 is 14.5 Å². The van der Waals surface area contributed by atoms with Crippen molar-refractivity contribution in [2.45, 2.75) is 13.8 Å². The van der Waals surface area contributed by atoms with Gasteiger partial charge in [0, 0.05) is 26.2 Å². The van der Waals surface area contributed by atoms with Crippen LogP contribution in [-0.4, -0.2) is 59.4 Å². The second-order valence-corrected chi connectivity index (χ2v) is 8.27. The summed E-state index contributed by atoms with van der Waals surface area (Å²) < 4.78 is 5.60. The van der Waals surface area contributed by atoms with Crippen molar-refractivity contribution < 1.29 is 14.3 Å². The van der Waals surface area contributed by atoms with Crippen molar-refractivity contribution in [3.05, 3.63) is 70.7 Å². The van der Waals surface area contributed by atoms with Crippen LogP contribution in [0.5, 0.6) is 5.75 Å². The van der Waals surface area contributed by atoms with Gasteiger partial charge in [0.05, 0.1) is 34.0 Å². The number of ether oxygens (including phenoxy) is 1. The van der Waals surface area contributed by atoms with E-state index in [0.717, 1.165) is 16.3 Å². The molecule has 160 valence electrons. The van der Waals surface area contributed by atoms with E-state index >= 15 is 0 Å². The fourth-order valence-corrected chi connectivity index (χ4v) is 4.42. The number of hydrogen-bond acceptors (Lipinski definition) is 5. The normalized spacial score (nSPS) is 13.9. The number of benzene rings is 1. The molecule has 1 aliphatic rings. The number of para-hydroxylation sites is 1. The van der Waals surface area contributed by atoms with Gasteiger partial charge >= 0.3 is 0 Å². The van der Waals surface area contributed by atoms with Crippen LogP contribution in [0.3, 0.4) is 0 Å². The number of rotatable bonds is 5. The SMILES string of the molecule is CCOc1ccccc1C(=O)N1CCN(C(=O)c2ccc(-c3cccs3)nc2C)CC1. The van der Waals surface area contributed by atoms with E-state index in [2.05, 4.69) is 4.98 Å². The minimum Gasteiger partial charge on any atom is -0.493 e. The van der Waals surface area contributed by atoms with Gasteiger partial charge in [-0.05, 0) is 49.6 Å². The Balaban J connectivity index is 1.42. The van der Waals surface area contributed by atoms with Gasteiger partial charge in [-0.25, -0.2) is 0 Å². The van der Waals surface area contributed by atoms with Crippen LogP contribution in [0.1, 0.15) is 33.3 Å². The van der Waals surface area contributed by atoms with Gasteiger partial charge in [0.25, 0.3) is 11.8 Å². The third-order valence-electron chi connectivity index (χ3n) is 5.36. The Morgan fingerprint density at radius 2 is 1.61 bits per heavy atom. The number of aromatic nitrogens is 1. The largest absolute Gasteiger partial charge is 0.493 e. The van der Waals surface area contributed by atoms with Crippen molar-refractivity contribution >= 4 is 23.2 Å². The number of pyridine rings is 1. The molecule has 4 rings (SSSR count). The van der Waals surface area contributed by atoms with Crippen LogP contribution in [0.4, 0.5) is 0 Å². The van der Waals surface area contributed by atoms with Gasteiger partial charge in [-0.2, -0.15) is 0 Å². The molecule has 2 aromatic heterocycles. The minimum absolute atomic E-state index is 0.0375. The molecule has 0 unspecified atom stereocenters. The fourth-order valence-electron chi connectivity index (χ4n) is 3.73. The topological polar surface area (TPSA) is 62.7 Å². The molecule has 6 nitrogen and oxygen atoms in total. The van der Waals surface area contributed by atoms with Crippen LogP contribution in [0.2, 0.25) is 0 Å². The number of amides is 2. The summed E-state index contributed by atoms with van der Waals surface area (Å²) in [6, 6.07) is 15.1. The van der Waals surface area contributed by atoms with Gasteiger partial charge in [-0.1, -0.05) is 18.2 Å². The zero-order valence-corrected chi connectivity index (χ0v) is 18.5. The van der Waals surface area contributed by atoms with Crippen molar-refractivity contribution in [3.8, 4) is 16.3 Å². The third-order valence-corrected chi connectivity index (χ3v) is 6.25. The molecule has 3 aromatic rings. The average Bonchev–Trinajstić information content (AvgIpc) is 3.34. The van der Waals surface area contributed by atoms with E-state index in [0.29, 0.717) is 49.7 Å². The van der Waals surface area contributed by atoms with Gasteiger partial charge in [0.1, 0.15) is 5.75 Å². The fraction of sp³-hybridized carbons (Fsp3) is 0.292. The number of piperazine rings is 1. The van der Waals surface area contributed by atoms with Crippen LogP contribution in [0.15, 0.2) is 53.9 Å². The minimum atomic E-state index is -0.0608. The first kappa shape index (κ1) is 21.1. The third kappa shape index (κ3) is 4.46. The first-order valence-electron chi connectivity index (χ1n) is 10.4. The summed E-state index contributed by atoms with van der Waals surface area (Å²) in [6.07, 6.45) is 0. The Morgan fingerprint density at radius 1 is 0.935 bits per heavy atom. The standard InChI is InChI=1S/C24H25N3O3S/c1-3-30-21-8-5-4-7-19(21)24(29)27-14-12-26(13-15-27)23(28)18-10-11-20(25-17(18)2)22-9-6-16-31-22/h4-11,16H,3,12-15H2,1-2H3. The molecule has 0 aliphatic carbocycles. The number of thiophene rings is 1. The quantitative estimate of drug-likeness (QED) is 0.605. The zero-order chi connectivity index (χ0) is 21.8. The van der Waals surface area contributed by atoms with Crippen LogP contribution < -0.4 is 4.74 Å². The summed E-state index contributed by atoms with van der Waals surface area (Å²) in [5.74, 6) is 0.500. The van der Waals surface area contributed by atoms with E-state index in [4.69, 9.17) is 4.74 Å². The van der Waals surface area contributed by atoms with Crippen LogP contribution in [0.25, 0.3) is 10.6 Å². The molecule has 2 amide bonds. The molecule has 7 heteroatoms. The summed E-state index contributed by atoms with van der Waals surface area (Å²) in [5, 5.41) is 2.01. The summed E-state index contributed by atoms with van der Waals surface area (Å²) in [5.41, 5.74) is 2.78. The van der Waals surface area contributed by atoms with Crippen LogP contribution in [-0.2, 0) is 0 Å². The summed E-state index contributed by atoms with van der Waals surface area (Å²) in [4.78, 5) is 35.3. The molecule has 1 fully saturated rings. The average molecular weight is 436 g/mol. The zero-order valence-electron chi connectivity index (χ0n) is 17.7. The lowest BCUT2D eigenvalue weighted by Crippen LogP contribution is -2.50. The molecular weight excluding hydrogens is 410 g/mol. The molecule has 0 spiro atoms. The summed E-state index contributed by atoms with van der Waals surface area (Å²) in [7, 11) is 0. The highest BCUT2D eigenvalue weighted by molar-refractivity contribution is 7.13. The first-order valence-corrected chi connectivity index (χ1v) is 11.3. The maximum absolute atomic E-state index is 13.1. The van der Waals surface area contributed by atoms with Crippen molar-refractivity contribution in [1.82, 2.24) is 14.8 Å². The highest BCUT2D eigenvalue weighted by Crippen LogP contribution is 2.25. The second-order valence-electron chi connectivity index (χ2n) is 7.32. The van der Waals surface area contributed by atoms with Gasteiger partial charge in [-0.15, -0.1) is 11.3 Å². The van der Waals surface area contributed by atoms with E-state index < -0.39 is 0 Å². The monoisotopic (exact) mass is 435 g/mol. The lowest BCUT2D eigenvalue weighted by molar-refractivity contribution is 0.0532. The smallest absolute Gasteiger partial charge is 0.257 e. The molecule has 0 bridgehead atoms. The number of aryl methyl sites for hydroxylation is 1. The molecule has 3 heterocycles. The summed E-state index contributed by atoms with van der Waals surface area (Å²) >= 11 is 1.63. The molecule has 31 heavy (non-hydrogen) atoms. The van der Waals surface area contributed by atoms with Gasteiger partial charge in [-0.3, -0.25) is 14.6 Å². The Bertz CT molecular complexity index is 1070. The highest BCUT2D eigenvalue weighted by Gasteiger charge is 2.27. The Labute approximate surface area is 186 Å². The first-order chi connectivity index (χ1) is 15.1. The van der Waals surface area contributed by atoms with Crippen molar-refractivity contribution in [2.24, 2.45) is 0 Å². The highest BCUT2D eigenvalue weighted by atomic mass is 32.1. The predicted octanol–water partition coefficient (Wildman–Crippen LogP) is 4.12. The van der Waals surface area contributed by atoms with Crippen molar-refractivity contribution in [2.75, 3.05) is 32.8 Å². The lowest BCUT2D eigenvalue weighted by Gasteiger charge is -2.35. The van der Waals surface area contributed by atoms with E-state index in [-0.39, 0.29) is 11.8 Å². The molecule has 1 aromatic carbocycles. The molecule has 0 radical (unpaired) electrons. The molecule has 1 aliphatic heterocycles. The summed E-state index contributed by atoms with van der Waals surface area (Å²) in [6.45, 7) is 6.24.